The largest absolute Gasteiger partial charge is 0.481 e. The molecule has 0 saturated heterocycles. The van der Waals surface area contributed by atoms with Crippen LogP contribution in [-0.2, 0) is 4.79 Å². The first-order chi connectivity index (χ1) is 13.0. The van der Waals surface area contributed by atoms with E-state index >= 15 is 0 Å². The van der Waals surface area contributed by atoms with Gasteiger partial charge in [-0.05, 0) is 30.4 Å². The predicted molar refractivity (Wildman–Crippen MR) is 116 cm³/mol. The number of aryl methyl sites for hydroxylation is 1. The standard InChI is InChI=1S/C25H42O2/c1-21(2)17-13-11-9-7-5-4-6-8-10-12-14-20-24(25(26)27)23-19-16-15-18-22(23)3/h15-16,18-19,21,24H,4-14,17,20H2,1-3H3,(H,26,27). The van der Waals surface area contributed by atoms with Crippen LogP contribution in [0.2, 0.25) is 0 Å². The predicted octanol–water partition coefficient (Wildman–Crippen LogP) is 7.89. The molecule has 0 aliphatic rings. The van der Waals surface area contributed by atoms with E-state index < -0.39 is 5.97 Å². The highest BCUT2D eigenvalue weighted by atomic mass is 16.4. The average Bonchev–Trinajstić information content (AvgIpc) is 2.62. The minimum absolute atomic E-state index is 0.345. The van der Waals surface area contributed by atoms with Crippen molar-refractivity contribution >= 4 is 5.97 Å². The lowest BCUT2D eigenvalue weighted by molar-refractivity contribution is -0.139. The van der Waals surface area contributed by atoms with E-state index in [1.807, 2.05) is 31.2 Å². The molecule has 1 N–H and O–H groups in total. The highest BCUT2D eigenvalue weighted by molar-refractivity contribution is 5.76. The smallest absolute Gasteiger partial charge is 0.310 e. The van der Waals surface area contributed by atoms with E-state index in [0.717, 1.165) is 36.3 Å². The Morgan fingerprint density at radius 1 is 0.778 bits per heavy atom. The molecular formula is C25H42O2. The number of carboxylic acids is 1. The summed E-state index contributed by atoms with van der Waals surface area (Å²) in [5, 5.41) is 9.56. The number of aliphatic carboxylic acids is 1. The van der Waals surface area contributed by atoms with Gasteiger partial charge in [-0.15, -0.1) is 0 Å². The number of carbonyl (C=O) groups is 1. The van der Waals surface area contributed by atoms with Crippen LogP contribution in [0.15, 0.2) is 24.3 Å². The van der Waals surface area contributed by atoms with E-state index in [4.69, 9.17) is 0 Å². The normalized spacial score (nSPS) is 12.4. The molecule has 0 saturated carbocycles. The summed E-state index contributed by atoms with van der Waals surface area (Å²) >= 11 is 0. The Kier molecular flexibility index (Phi) is 12.9. The van der Waals surface area contributed by atoms with Crippen LogP contribution in [0.3, 0.4) is 0 Å². The number of carboxylic acid groups (broad SMARTS) is 1. The lowest BCUT2D eigenvalue weighted by Crippen LogP contribution is -2.12. The maximum atomic E-state index is 11.6. The van der Waals surface area contributed by atoms with Gasteiger partial charge in [-0.1, -0.05) is 115 Å². The van der Waals surface area contributed by atoms with Crippen LogP contribution in [0.5, 0.6) is 0 Å². The van der Waals surface area contributed by atoms with Gasteiger partial charge in [0.15, 0.2) is 0 Å². The number of benzene rings is 1. The maximum absolute atomic E-state index is 11.6. The van der Waals surface area contributed by atoms with Crippen molar-refractivity contribution in [2.24, 2.45) is 5.92 Å². The van der Waals surface area contributed by atoms with E-state index in [1.54, 1.807) is 0 Å². The molecule has 1 unspecified atom stereocenters. The van der Waals surface area contributed by atoms with Crippen molar-refractivity contribution in [2.45, 2.75) is 110 Å². The quantitative estimate of drug-likeness (QED) is 0.299. The van der Waals surface area contributed by atoms with Crippen LogP contribution in [0.25, 0.3) is 0 Å². The lowest BCUT2D eigenvalue weighted by atomic mass is 9.90. The Balaban J connectivity index is 2.02. The van der Waals surface area contributed by atoms with Gasteiger partial charge in [0, 0.05) is 0 Å². The molecule has 1 aromatic carbocycles. The van der Waals surface area contributed by atoms with Crippen LogP contribution in [-0.4, -0.2) is 11.1 Å². The Bertz CT molecular complexity index is 507. The molecule has 1 aromatic rings. The fourth-order valence-electron chi connectivity index (χ4n) is 3.88. The van der Waals surface area contributed by atoms with E-state index in [0.29, 0.717) is 0 Å². The molecule has 0 aliphatic heterocycles. The molecule has 0 amide bonds. The molecule has 2 heteroatoms. The van der Waals surface area contributed by atoms with Crippen LogP contribution in [0.1, 0.15) is 114 Å². The number of hydrogen-bond donors (Lipinski definition) is 1. The second kappa shape index (κ2) is 14.7. The molecule has 0 fully saturated rings. The summed E-state index contributed by atoms with van der Waals surface area (Å²) in [7, 11) is 0. The zero-order valence-electron chi connectivity index (χ0n) is 18.0. The summed E-state index contributed by atoms with van der Waals surface area (Å²) in [6.07, 6.45) is 16.6. The summed E-state index contributed by atoms with van der Waals surface area (Å²) in [4.78, 5) is 11.6. The minimum atomic E-state index is -0.683. The van der Waals surface area contributed by atoms with Crippen molar-refractivity contribution in [2.75, 3.05) is 0 Å². The van der Waals surface area contributed by atoms with Crippen molar-refractivity contribution in [3.63, 3.8) is 0 Å². The number of hydrogen-bond acceptors (Lipinski definition) is 1. The molecule has 2 nitrogen and oxygen atoms in total. The molecular weight excluding hydrogens is 332 g/mol. The van der Waals surface area contributed by atoms with Gasteiger partial charge in [-0.25, -0.2) is 0 Å². The van der Waals surface area contributed by atoms with Crippen LogP contribution < -0.4 is 0 Å². The average molecular weight is 375 g/mol. The van der Waals surface area contributed by atoms with Gasteiger partial charge >= 0.3 is 5.97 Å². The van der Waals surface area contributed by atoms with Crippen molar-refractivity contribution < 1.29 is 9.90 Å². The molecule has 1 atom stereocenters. The third kappa shape index (κ3) is 11.2. The zero-order valence-corrected chi connectivity index (χ0v) is 18.0. The van der Waals surface area contributed by atoms with Gasteiger partial charge in [-0.3, -0.25) is 4.79 Å². The maximum Gasteiger partial charge on any atom is 0.310 e. The molecule has 0 aromatic heterocycles. The number of rotatable bonds is 16. The summed E-state index contributed by atoms with van der Waals surface area (Å²) in [6, 6.07) is 7.90. The van der Waals surface area contributed by atoms with Crippen molar-refractivity contribution in [1.82, 2.24) is 0 Å². The highest BCUT2D eigenvalue weighted by Crippen LogP contribution is 2.26. The van der Waals surface area contributed by atoms with Gasteiger partial charge in [0.25, 0.3) is 0 Å². The first kappa shape index (κ1) is 23.7. The second-order valence-corrected chi connectivity index (χ2v) is 8.61. The Morgan fingerprint density at radius 2 is 1.22 bits per heavy atom. The second-order valence-electron chi connectivity index (χ2n) is 8.61. The van der Waals surface area contributed by atoms with Crippen LogP contribution in [0.4, 0.5) is 0 Å². The third-order valence-corrected chi connectivity index (χ3v) is 5.64. The van der Waals surface area contributed by atoms with Crippen molar-refractivity contribution in [3.05, 3.63) is 35.4 Å². The van der Waals surface area contributed by atoms with E-state index in [9.17, 15) is 9.90 Å². The number of unbranched alkanes of at least 4 members (excludes halogenated alkanes) is 10. The van der Waals surface area contributed by atoms with Gasteiger partial charge in [-0.2, -0.15) is 0 Å². The van der Waals surface area contributed by atoms with E-state index in [2.05, 4.69) is 13.8 Å². The topological polar surface area (TPSA) is 37.3 Å². The van der Waals surface area contributed by atoms with Gasteiger partial charge < -0.3 is 5.11 Å². The first-order valence-electron chi connectivity index (χ1n) is 11.3. The molecule has 154 valence electrons. The summed E-state index contributed by atoms with van der Waals surface area (Å²) in [6.45, 7) is 6.63. The molecule has 0 aliphatic carbocycles. The van der Waals surface area contributed by atoms with Crippen molar-refractivity contribution in [1.29, 1.82) is 0 Å². The molecule has 0 bridgehead atoms. The summed E-state index contributed by atoms with van der Waals surface area (Å²) in [5.41, 5.74) is 2.08. The van der Waals surface area contributed by atoms with E-state index in [1.165, 1.54) is 64.2 Å². The minimum Gasteiger partial charge on any atom is -0.481 e. The van der Waals surface area contributed by atoms with Gasteiger partial charge in [0.05, 0.1) is 5.92 Å². The van der Waals surface area contributed by atoms with Gasteiger partial charge in [0.2, 0.25) is 0 Å². The Hall–Kier alpha value is -1.31. The fourth-order valence-corrected chi connectivity index (χ4v) is 3.88. The zero-order chi connectivity index (χ0) is 19.9. The van der Waals surface area contributed by atoms with E-state index in [-0.39, 0.29) is 5.92 Å². The summed E-state index contributed by atoms with van der Waals surface area (Å²) in [5.74, 6) is -0.174. The first-order valence-corrected chi connectivity index (χ1v) is 11.3. The third-order valence-electron chi connectivity index (χ3n) is 5.64. The molecule has 0 spiro atoms. The van der Waals surface area contributed by atoms with Gasteiger partial charge in [0.1, 0.15) is 0 Å². The van der Waals surface area contributed by atoms with Crippen LogP contribution in [0, 0.1) is 12.8 Å². The molecule has 27 heavy (non-hydrogen) atoms. The molecule has 1 rings (SSSR count). The molecule has 0 radical (unpaired) electrons. The SMILES string of the molecule is Cc1ccccc1C(CCCCCCCCCCCCCC(C)C)C(=O)O. The van der Waals surface area contributed by atoms with Crippen molar-refractivity contribution in [3.8, 4) is 0 Å². The monoisotopic (exact) mass is 374 g/mol. The highest BCUT2D eigenvalue weighted by Gasteiger charge is 2.20. The van der Waals surface area contributed by atoms with Crippen LogP contribution >= 0.6 is 0 Å². The lowest BCUT2D eigenvalue weighted by Gasteiger charge is -2.15. The Morgan fingerprint density at radius 3 is 1.67 bits per heavy atom. The summed E-state index contributed by atoms with van der Waals surface area (Å²) < 4.78 is 0. The molecule has 0 heterocycles. The fraction of sp³-hybridized carbons (Fsp3) is 0.720. The Labute approximate surface area is 167 Å².